The summed E-state index contributed by atoms with van der Waals surface area (Å²) in [6, 6.07) is 3.50. The number of carbonyl (C=O) groups is 1. The third kappa shape index (κ3) is 5.60. The summed E-state index contributed by atoms with van der Waals surface area (Å²) >= 11 is 3.33. The first kappa shape index (κ1) is 15.1. The SMILES string of the molecule is CC(C)(C)CC(N)CC(=O)Nc1ncccc1Br. The molecule has 0 saturated heterocycles. The summed E-state index contributed by atoms with van der Waals surface area (Å²) < 4.78 is 0.766. The van der Waals surface area contributed by atoms with E-state index in [1.165, 1.54) is 0 Å². The van der Waals surface area contributed by atoms with Gasteiger partial charge in [-0.3, -0.25) is 4.79 Å². The average molecular weight is 314 g/mol. The Bertz CT molecular complexity index is 415. The van der Waals surface area contributed by atoms with Crippen molar-refractivity contribution in [2.75, 3.05) is 5.32 Å². The minimum absolute atomic E-state index is 0.105. The third-order valence-corrected chi connectivity index (χ3v) is 2.98. The van der Waals surface area contributed by atoms with Crippen molar-refractivity contribution in [2.45, 2.75) is 39.7 Å². The zero-order chi connectivity index (χ0) is 13.8. The van der Waals surface area contributed by atoms with E-state index in [9.17, 15) is 4.79 Å². The minimum atomic E-state index is -0.132. The van der Waals surface area contributed by atoms with E-state index >= 15 is 0 Å². The summed E-state index contributed by atoms with van der Waals surface area (Å²) in [5.74, 6) is 0.427. The van der Waals surface area contributed by atoms with Crippen LogP contribution in [0.4, 0.5) is 5.82 Å². The Kier molecular flexibility index (Phi) is 5.28. The van der Waals surface area contributed by atoms with Crippen LogP contribution in [-0.4, -0.2) is 16.9 Å². The van der Waals surface area contributed by atoms with Crippen molar-refractivity contribution in [3.63, 3.8) is 0 Å². The number of pyridine rings is 1. The lowest BCUT2D eigenvalue weighted by atomic mass is 9.87. The second-order valence-corrected chi connectivity index (χ2v) is 6.47. The summed E-state index contributed by atoms with van der Waals surface area (Å²) in [6.07, 6.45) is 2.75. The molecule has 1 amide bonds. The fourth-order valence-corrected chi connectivity index (χ4v) is 2.11. The molecule has 3 N–H and O–H groups in total. The van der Waals surface area contributed by atoms with Gasteiger partial charge in [0.1, 0.15) is 5.82 Å². The smallest absolute Gasteiger partial charge is 0.227 e. The number of hydrogen-bond donors (Lipinski definition) is 2. The van der Waals surface area contributed by atoms with Crippen LogP contribution in [0.15, 0.2) is 22.8 Å². The van der Waals surface area contributed by atoms with Crippen molar-refractivity contribution in [3.05, 3.63) is 22.8 Å². The first-order valence-electron chi connectivity index (χ1n) is 5.94. The van der Waals surface area contributed by atoms with Gasteiger partial charge in [-0.1, -0.05) is 20.8 Å². The Hall–Kier alpha value is -0.940. The molecule has 0 saturated carbocycles. The number of amides is 1. The zero-order valence-corrected chi connectivity index (χ0v) is 12.6. The molecule has 1 unspecified atom stereocenters. The lowest BCUT2D eigenvalue weighted by Gasteiger charge is -2.22. The maximum absolute atomic E-state index is 11.8. The maximum atomic E-state index is 11.8. The minimum Gasteiger partial charge on any atom is -0.327 e. The first-order chi connectivity index (χ1) is 8.28. The highest BCUT2D eigenvalue weighted by atomic mass is 79.9. The highest BCUT2D eigenvalue weighted by Gasteiger charge is 2.18. The number of aromatic nitrogens is 1. The molecule has 1 aromatic heterocycles. The van der Waals surface area contributed by atoms with E-state index in [1.807, 2.05) is 6.07 Å². The van der Waals surface area contributed by atoms with Crippen LogP contribution in [0.5, 0.6) is 0 Å². The summed E-state index contributed by atoms with van der Waals surface area (Å²) in [6.45, 7) is 6.33. The molecule has 0 aromatic carbocycles. The number of carbonyl (C=O) groups excluding carboxylic acids is 1. The molecule has 0 aliphatic rings. The number of nitrogens with one attached hydrogen (secondary N) is 1. The van der Waals surface area contributed by atoms with Gasteiger partial charge in [-0.05, 0) is 39.9 Å². The molecule has 0 aliphatic heterocycles. The van der Waals surface area contributed by atoms with Crippen LogP contribution in [0.3, 0.4) is 0 Å². The van der Waals surface area contributed by atoms with Gasteiger partial charge in [-0.2, -0.15) is 0 Å². The molecule has 1 heterocycles. The van der Waals surface area contributed by atoms with Crippen LogP contribution in [0.1, 0.15) is 33.6 Å². The number of hydrogen-bond acceptors (Lipinski definition) is 3. The number of rotatable bonds is 4. The Morgan fingerprint density at radius 1 is 1.56 bits per heavy atom. The fourth-order valence-electron chi connectivity index (χ4n) is 1.76. The van der Waals surface area contributed by atoms with E-state index in [2.05, 4.69) is 47.0 Å². The monoisotopic (exact) mass is 313 g/mol. The van der Waals surface area contributed by atoms with Gasteiger partial charge in [-0.15, -0.1) is 0 Å². The first-order valence-corrected chi connectivity index (χ1v) is 6.73. The van der Waals surface area contributed by atoms with E-state index < -0.39 is 0 Å². The Balaban J connectivity index is 2.50. The molecular weight excluding hydrogens is 294 g/mol. The molecule has 5 heteroatoms. The zero-order valence-electron chi connectivity index (χ0n) is 11.0. The van der Waals surface area contributed by atoms with Crippen molar-refractivity contribution in [1.29, 1.82) is 0 Å². The molecule has 1 aromatic rings. The molecule has 4 nitrogen and oxygen atoms in total. The van der Waals surface area contributed by atoms with Crippen LogP contribution < -0.4 is 11.1 Å². The normalized spacial score (nSPS) is 13.2. The second-order valence-electron chi connectivity index (χ2n) is 5.61. The molecule has 0 spiro atoms. The molecule has 1 rings (SSSR count). The van der Waals surface area contributed by atoms with Gasteiger partial charge in [-0.25, -0.2) is 4.98 Å². The van der Waals surface area contributed by atoms with Gasteiger partial charge in [0.15, 0.2) is 0 Å². The van der Waals surface area contributed by atoms with Crippen molar-refractivity contribution in [2.24, 2.45) is 11.1 Å². The van der Waals surface area contributed by atoms with Gasteiger partial charge < -0.3 is 11.1 Å². The highest BCUT2D eigenvalue weighted by Crippen LogP contribution is 2.22. The lowest BCUT2D eigenvalue weighted by Crippen LogP contribution is -2.31. The van der Waals surface area contributed by atoms with Crippen molar-refractivity contribution < 1.29 is 4.79 Å². The van der Waals surface area contributed by atoms with Crippen molar-refractivity contribution in [3.8, 4) is 0 Å². The summed E-state index contributed by atoms with van der Waals surface area (Å²) in [7, 11) is 0. The molecule has 18 heavy (non-hydrogen) atoms. The number of halogens is 1. The Morgan fingerprint density at radius 2 is 2.22 bits per heavy atom. The summed E-state index contributed by atoms with van der Waals surface area (Å²) in [5, 5.41) is 2.75. The largest absolute Gasteiger partial charge is 0.327 e. The predicted octanol–water partition coefficient (Wildman–Crippen LogP) is 2.94. The van der Waals surface area contributed by atoms with Gasteiger partial charge in [0.25, 0.3) is 0 Å². The third-order valence-electron chi connectivity index (χ3n) is 2.34. The number of nitrogens with zero attached hydrogens (tertiary/aromatic N) is 1. The summed E-state index contributed by atoms with van der Waals surface area (Å²) in [4.78, 5) is 15.9. The van der Waals surface area contributed by atoms with Gasteiger partial charge >= 0.3 is 0 Å². The Morgan fingerprint density at radius 3 is 2.78 bits per heavy atom. The highest BCUT2D eigenvalue weighted by molar-refractivity contribution is 9.10. The van der Waals surface area contributed by atoms with Crippen LogP contribution in [0.25, 0.3) is 0 Å². The topological polar surface area (TPSA) is 68.0 Å². The van der Waals surface area contributed by atoms with E-state index in [0.29, 0.717) is 12.2 Å². The van der Waals surface area contributed by atoms with Crippen LogP contribution in [-0.2, 0) is 4.79 Å². The van der Waals surface area contributed by atoms with Gasteiger partial charge in [0.05, 0.1) is 4.47 Å². The van der Waals surface area contributed by atoms with Gasteiger partial charge in [0, 0.05) is 18.7 Å². The molecule has 1 atom stereocenters. The fraction of sp³-hybridized carbons (Fsp3) is 0.538. The molecule has 100 valence electrons. The molecule has 0 bridgehead atoms. The van der Waals surface area contributed by atoms with E-state index in [-0.39, 0.29) is 17.4 Å². The standard InChI is InChI=1S/C13H20BrN3O/c1-13(2,3)8-9(15)7-11(18)17-12-10(14)5-4-6-16-12/h4-6,9H,7-8,15H2,1-3H3,(H,16,17,18). The lowest BCUT2D eigenvalue weighted by molar-refractivity contribution is -0.116. The molecular formula is C13H20BrN3O. The summed E-state index contributed by atoms with van der Waals surface area (Å²) in [5.41, 5.74) is 6.09. The molecule has 0 radical (unpaired) electrons. The van der Waals surface area contributed by atoms with Gasteiger partial charge in [0.2, 0.25) is 5.91 Å². The van der Waals surface area contributed by atoms with E-state index in [4.69, 9.17) is 5.73 Å². The number of nitrogens with two attached hydrogens (primary N) is 1. The van der Waals surface area contributed by atoms with Crippen molar-refractivity contribution in [1.82, 2.24) is 4.98 Å². The van der Waals surface area contributed by atoms with E-state index in [0.717, 1.165) is 10.9 Å². The molecule has 0 fully saturated rings. The molecule has 0 aliphatic carbocycles. The van der Waals surface area contributed by atoms with Crippen LogP contribution >= 0.6 is 15.9 Å². The van der Waals surface area contributed by atoms with E-state index in [1.54, 1.807) is 12.3 Å². The van der Waals surface area contributed by atoms with Crippen LogP contribution in [0, 0.1) is 5.41 Å². The van der Waals surface area contributed by atoms with Crippen LogP contribution in [0.2, 0.25) is 0 Å². The Labute approximate surface area is 116 Å². The average Bonchev–Trinajstić information content (AvgIpc) is 2.18. The number of anilines is 1. The van der Waals surface area contributed by atoms with Crippen molar-refractivity contribution >= 4 is 27.7 Å². The quantitative estimate of drug-likeness (QED) is 0.898. The second kappa shape index (κ2) is 6.29. The maximum Gasteiger partial charge on any atom is 0.227 e. The predicted molar refractivity (Wildman–Crippen MR) is 77.2 cm³/mol.